The molecule has 0 bridgehead atoms. The quantitative estimate of drug-likeness (QED) is 0.439. The van der Waals surface area contributed by atoms with Gasteiger partial charge in [0.05, 0.1) is 26.8 Å². The van der Waals surface area contributed by atoms with Crippen molar-refractivity contribution in [2.24, 2.45) is 12.0 Å². The Bertz CT molecular complexity index is 1080. The highest BCUT2D eigenvalue weighted by molar-refractivity contribution is 5.80. The molecule has 1 aliphatic heterocycles. The van der Waals surface area contributed by atoms with Crippen molar-refractivity contribution in [3.8, 4) is 11.5 Å². The van der Waals surface area contributed by atoms with E-state index in [1.807, 2.05) is 54.9 Å². The van der Waals surface area contributed by atoms with E-state index in [1.54, 1.807) is 7.11 Å². The summed E-state index contributed by atoms with van der Waals surface area (Å²) in [6.07, 6.45) is 0. The van der Waals surface area contributed by atoms with Crippen molar-refractivity contribution >= 4 is 5.96 Å². The molecule has 2 atom stereocenters. The fourth-order valence-electron chi connectivity index (χ4n) is 3.74. The van der Waals surface area contributed by atoms with Crippen LogP contribution in [0.1, 0.15) is 35.6 Å². The first kappa shape index (κ1) is 21.7. The van der Waals surface area contributed by atoms with Crippen molar-refractivity contribution in [2.75, 3.05) is 13.7 Å². The van der Waals surface area contributed by atoms with Crippen LogP contribution in [0.25, 0.3) is 0 Å². The van der Waals surface area contributed by atoms with Crippen LogP contribution in [0.4, 0.5) is 0 Å². The second-order valence-corrected chi connectivity index (χ2v) is 7.98. The second kappa shape index (κ2) is 9.72. The van der Waals surface area contributed by atoms with Crippen molar-refractivity contribution in [3.63, 3.8) is 0 Å². The molecule has 168 valence electrons. The van der Waals surface area contributed by atoms with Gasteiger partial charge in [-0.2, -0.15) is 0 Å². The number of nitrogens with one attached hydrogen (secondary N) is 2. The van der Waals surface area contributed by atoms with Crippen LogP contribution in [0.5, 0.6) is 11.5 Å². The van der Waals surface area contributed by atoms with E-state index >= 15 is 0 Å². The topological polar surface area (TPSA) is 85.6 Å². The minimum atomic E-state index is 0.127. The minimum absolute atomic E-state index is 0.127. The molecule has 1 aliphatic rings. The summed E-state index contributed by atoms with van der Waals surface area (Å²) in [6, 6.07) is 16.3. The lowest BCUT2D eigenvalue weighted by Crippen LogP contribution is -2.45. The summed E-state index contributed by atoms with van der Waals surface area (Å²) in [5.41, 5.74) is 2.33. The molecule has 32 heavy (non-hydrogen) atoms. The molecule has 2 N–H and O–H groups in total. The zero-order valence-corrected chi connectivity index (χ0v) is 19.0. The summed E-state index contributed by atoms with van der Waals surface area (Å²) in [5, 5.41) is 15.4. The van der Waals surface area contributed by atoms with Crippen molar-refractivity contribution < 1.29 is 9.47 Å². The normalized spacial score (nSPS) is 16.2. The maximum atomic E-state index is 5.88. The molecular weight excluding hydrogens is 404 g/mol. The van der Waals surface area contributed by atoms with Crippen LogP contribution >= 0.6 is 0 Å². The maximum absolute atomic E-state index is 5.88. The molecule has 0 aliphatic carbocycles. The van der Waals surface area contributed by atoms with Gasteiger partial charge in [-0.05, 0) is 37.6 Å². The highest BCUT2D eigenvalue weighted by atomic mass is 16.5. The Morgan fingerprint density at radius 1 is 1.22 bits per heavy atom. The standard InChI is InChI=1S/C24H30N6O2/c1-16(21-15-32-22-8-6-5-7-20(21)22)27-24(26-14-23-29-28-17(2)30(23)3)25-13-18-9-11-19(31-4)12-10-18/h5-12,16,21H,13-15H2,1-4H3,(H2,25,26,27). The number of methoxy groups -OCH3 is 1. The van der Waals surface area contributed by atoms with Crippen LogP contribution in [0.2, 0.25) is 0 Å². The number of guanidine groups is 1. The molecular formula is C24H30N6O2. The van der Waals surface area contributed by atoms with Gasteiger partial charge in [0.2, 0.25) is 0 Å². The Kier molecular flexibility index (Phi) is 6.58. The molecule has 0 radical (unpaired) electrons. The fraction of sp³-hybridized carbons (Fsp3) is 0.375. The van der Waals surface area contributed by atoms with E-state index in [4.69, 9.17) is 14.5 Å². The Labute approximate surface area is 188 Å². The molecule has 8 nitrogen and oxygen atoms in total. The second-order valence-electron chi connectivity index (χ2n) is 7.98. The van der Waals surface area contributed by atoms with Crippen molar-refractivity contribution in [1.29, 1.82) is 0 Å². The zero-order valence-electron chi connectivity index (χ0n) is 19.0. The lowest BCUT2D eigenvalue weighted by molar-refractivity contribution is 0.312. The van der Waals surface area contributed by atoms with Gasteiger partial charge in [0.1, 0.15) is 17.3 Å². The molecule has 0 amide bonds. The van der Waals surface area contributed by atoms with Crippen molar-refractivity contribution in [2.45, 2.75) is 38.9 Å². The minimum Gasteiger partial charge on any atom is -0.497 e. The number of fused-ring (bicyclic) bond motifs is 1. The van der Waals surface area contributed by atoms with Crippen LogP contribution in [0, 0.1) is 6.92 Å². The Morgan fingerprint density at radius 3 is 2.72 bits per heavy atom. The average Bonchev–Trinajstić information content (AvgIpc) is 3.39. The van der Waals surface area contributed by atoms with E-state index in [9.17, 15) is 0 Å². The molecule has 2 unspecified atom stereocenters. The number of aromatic nitrogens is 3. The molecule has 2 aromatic carbocycles. The zero-order chi connectivity index (χ0) is 22.5. The van der Waals surface area contributed by atoms with Gasteiger partial charge in [-0.3, -0.25) is 0 Å². The van der Waals surface area contributed by atoms with Gasteiger partial charge >= 0.3 is 0 Å². The van der Waals surface area contributed by atoms with Gasteiger partial charge in [0, 0.05) is 24.6 Å². The molecule has 3 aromatic rings. The summed E-state index contributed by atoms with van der Waals surface area (Å²) in [7, 11) is 3.63. The Morgan fingerprint density at radius 2 is 2.00 bits per heavy atom. The lowest BCUT2D eigenvalue weighted by Gasteiger charge is -2.23. The van der Waals surface area contributed by atoms with Gasteiger partial charge in [0.25, 0.3) is 0 Å². The van der Waals surface area contributed by atoms with Crippen LogP contribution in [0.3, 0.4) is 0 Å². The van der Waals surface area contributed by atoms with Gasteiger partial charge < -0.3 is 24.7 Å². The van der Waals surface area contributed by atoms with Crippen LogP contribution in [-0.4, -0.2) is 40.5 Å². The molecule has 2 heterocycles. The van der Waals surface area contributed by atoms with E-state index in [2.05, 4.69) is 39.9 Å². The average molecular weight is 435 g/mol. The number of aryl methyl sites for hydroxylation is 1. The van der Waals surface area contributed by atoms with Gasteiger partial charge in [-0.25, -0.2) is 4.99 Å². The molecule has 8 heteroatoms. The van der Waals surface area contributed by atoms with E-state index in [0.717, 1.165) is 34.7 Å². The summed E-state index contributed by atoms with van der Waals surface area (Å²) in [4.78, 5) is 4.82. The van der Waals surface area contributed by atoms with Crippen LogP contribution in [0.15, 0.2) is 53.5 Å². The number of nitrogens with zero attached hydrogens (tertiary/aromatic N) is 4. The Balaban J connectivity index is 1.48. The van der Waals surface area contributed by atoms with Gasteiger partial charge in [-0.1, -0.05) is 30.3 Å². The van der Waals surface area contributed by atoms with Crippen molar-refractivity contribution in [3.05, 3.63) is 71.3 Å². The lowest BCUT2D eigenvalue weighted by atomic mass is 9.94. The molecule has 0 fully saturated rings. The monoisotopic (exact) mass is 434 g/mol. The largest absolute Gasteiger partial charge is 0.497 e. The molecule has 0 spiro atoms. The van der Waals surface area contributed by atoms with Gasteiger partial charge in [-0.15, -0.1) is 10.2 Å². The highest BCUT2D eigenvalue weighted by Crippen LogP contribution is 2.35. The molecule has 1 aromatic heterocycles. The number of hydrogen-bond acceptors (Lipinski definition) is 5. The number of aliphatic imine (C=N–C) groups is 1. The maximum Gasteiger partial charge on any atom is 0.192 e. The smallest absolute Gasteiger partial charge is 0.192 e. The SMILES string of the molecule is COc1ccc(CN=C(NCc2nnc(C)n2C)NC(C)C2COc3ccccc32)cc1. The Hall–Kier alpha value is -3.55. The summed E-state index contributed by atoms with van der Waals surface area (Å²) < 4.78 is 13.1. The molecule has 0 saturated carbocycles. The third-order valence-corrected chi connectivity index (χ3v) is 5.88. The first-order valence-corrected chi connectivity index (χ1v) is 10.8. The fourth-order valence-corrected chi connectivity index (χ4v) is 3.74. The predicted octanol–water partition coefficient (Wildman–Crippen LogP) is 2.93. The third kappa shape index (κ3) is 4.85. The van der Waals surface area contributed by atoms with Crippen molar-refractivity contribution in [1.82, 2.24) is 25.4 Å². The predicted molar refractivity (Wildman–Crippen MR) is 124 cm³/mol. The number of hydrogen-bond donors (Lipinski definition) is 2. The number of ether oxygens (including phenoxy) is 2. The van der Waals surface area contributed by atoms with E-state index in [0.29, 0.717) is 19.7 Å². The summed E-state index contributed by atoms with van der Waals surface area (Å²) in [5.74, 6) is 4.49. The number of benzene rings is 2. The first-order chi connectivity index (χ1) is 15.5. The van der Waals surface area contributed by atoms with E-state index in [-0.39, 0.29) is 12.0 Å². The van der Waals surface area contributed by atoms with Crippen LogP contribution < -0.4 is 20.1 Å². The van der Waals surface area contributed by atoms with Crippen LogP contribution in [-0.2, 0) is 20.1 Å². The van der Waals surface area contributed by atoms with E-state index in [1.165, 1.54) is 5.56 Å². The van der Waals surface area contributed by atoms with E-state index < -0.39 is 0 Å². The van der Waals surface area contributed by atoms with Gasteiger partial charge in [0.15, 0.2) is 11.8 Å². The number of rotatable bonds is 7. The molecule has 0 saturated heterocycles. The number of para-hydroxylation sites is 1. The highest BCUT2D eigenvalue weighted by Gasteiger charge is 2.29. The first-order valence-electron chi connectivity index (χ1n) is 10.8. The third-order valence-electron chi connectivity index (χ3n) is 5.88. The summed E-state index contributed by atoms with van der Waals surface area (Å²) in [6.45, 7) is 5.82. The summed E-state index contributed by atoms with van der Waals surface area (Å²) >= 11 is 0. The molecule has 4 rings (SSSR count).